The molecule has 148 valence electrons. The molecule has 1 fully saturated rings. The summed E-state index contributed by atoms with van der Waals surface area (Å²) in [7, 11) is 1.52. The first-order chi connectivity index (χ1) is 13.5. The van der Waals surface area contributed by atoms with Crippen LogP contribution < -0.4 is 10.1 Å². The predicted octanol–water partition coefficient (Wildman–Crippen LogP) is 5.23. The van der Waals surface area contributed by atoms with E-state index in [1.165, 1.54) is 34.1 Å². The van der Waals surface area contributed by atoms with Gasteiger partial charge in [-0.3, -0.25) is 4.79 Å². The topological polar surface area (TPSA) is 58.6 Å². The van der Waals surface area contributed by atoms with Crippen molar-refractivity contribution in [3.63, 3.8) is 0 Å². The number of rotatable bonds is 5. The molecule has 0 bridgehead atoms. The Morgan fingerprint density at radius 1 is 1.29 bits per heavy atom. The van der Waals surface area contributed by atoms with E-state index in [0.29, 0.717) is 22.2 Å². The number of thiophene rings is 2. The van der Waals surface area contributed by atoms with Crippen LogP contribution >= 0.6 is 34.3 Å². The van der Waals surface area contributed by atoms with E-state index in [0.717, 1.165) is 25.7 Å². The molecular formula is C21H22ClNO3S2. The van der Waals surface area contributed by atoms with E-state index in [1.54, 1.807) is 16.7 Å². The van der Waals surface area contributed by atoms with Crippen molar-refractivity contribution in [2.45, 2.75) is 37.2 Å². The molecule has 1 amide bonds. The number of ether oxygens (including phenoxy) is 1. The maximum absolute atomic E-state index is 12.8. The highest BCUT2D eigenvalue weighted by molar-refractivity contribution is 7.17. The molecule has 2 aromatic heterocycles. The number of nitrogens with one attached hydrogen (secondary N) is 1. The minimum Gasteiger partial charge on any atom is -0.493 e. The number of halogens is 1. The molecule has 4 nitrogen and oxygen atoms in total. The van der Waals surface area contributed by atoms with Crippen molar-refractivity contribution in [1.82, 2.24) is 5.32 Å². The number of benzene rings is 1. The molecular weight excluding hydrogens is 414 g/mol. The second-order valence-electron chi connectivity index (χ2n) is 7.30. The predicted molar refractivity (Wildman–Crippen MR) is 116 cm³/mol. The number of carbonyl (C=O) groups excluding carboxylic acids is 1. The molecule has 1 aliphatic carbocycles. The van der Waals surface area contributed by atoms with E-state index >= 15 is 0 Å². The van der Waals surface area contributed by atoms with E-state index in [1.807, 2.05) is 6.07 Å². The van der Waals surface area contributed by atoms with Crippen molar-refractivity contribution in [3.05, 3.63) is 50.5 Å². The maximum Gasteiger partial charge on any atom is 0.255 e. The normalized spacial score (nSPS) is 22.3. The van der Waals surface area contributed by atoms with Crippen LogP contribution in [0.15, 0.2) is 35.0 Å². The first-order valence-corrected chi connectivity index (χ1v) is 11.4. The second-order valence-corrected chi connectivity index (χ2v) is 9.69. The van der Waals surface area contributed by atoms with Gasteiger partial charge in [0.1, 0.15) is 4.34 Å². The zero-order chi connectivity index (χ0) is 19.7. The fourth-order valence-electron chi connectivity index (χ4n) is 4.10. The SMILES string of the molecule is COc1c(C(=O)NCC2(c3csc4ccccc34)CCC(O)CC2)csc1Cl. The molecule has 1 aliphatic rings. The van der Waals surface area contributed by atoms with Crippen LogP contribution in [0.4, 0.5) is 0 Å². The molecule has 0 atom stereocenters. The number of carbonyl (C=O) groups is 1. The highest BCUT2D eigenvalue weighted by Gasteiger charge is 2.38. The monoisotopic (exact) mass is 435 g/mol. The molecule has 0 radical (unpaired) electrons. The lowest BCUT2D eigenvalue weighted by atomic mass is 9.68. The van der Waals surface area contributed by atoms with Gasteiger partial charge in [0.15, 0.2) is 5.75 Å². The number of hydrogen-bond donors (Lipinski definition) is 2. The van der Waals surface area contributed by atoms with Crippen molar-refractivity contribution in [2.75, 3.05) is 13.7 Å². The van der Waals surface area contributed by atoms with Crippen molar-refractivity contribution in [1.29, 1.82) is 0 Å². The third kappa shape index (κ3) is 3.54. The van der Waals surface area contributed by atoms with E-state index in [2.05, 4.69) is 28.9 Å². The highest BCUT2D eigenvalue weighted by Crippen LogP contribution is 2.44. The van der Waals surface area contributed by atoms with Crippen LogP contribution in [0, 0.1) is 0 Å². The molecule has 28 heavy (non-hydrogen) atoms. The molecule has 0 unspecified atom stereocenters. The zero-order valence-electron chi connectivity index (χ0n) is 15.5. The van der Waals surface area contributed by atoms with Crippen molar-refractivity contribution < 1.29 is 14.6 Å². The van der Waals surface area contributed by atoms with Gasteiger partial charge in [-0.15, -0.1) is 22.7 Å². The third-order valence-corrected chi connectivity index (χ3v) is 7.85. The van der Waals surface area contributed by atoms with Crippen LogP contribution in [0.25, 0.3) is 10.1 Å². The van der Waals surface area contributed by atoms with Gasteiger partial charge in [0.25, 0.3) is 5.91 Å². The van der Waals surface area contributed by atoms with Crippen LogP contribution in [-0.2, 0) is 5.41 Å². The number of fused-ring (bicyclic) bond motifs is 1. The summed E-state index contributed by atoms with van der Waals surface area (Å²) in [5.74, 6) is 0.253. The minimum absolute atomic E-state index is 0.176. The van der Waals surface area contributed by atoms with E-state index in [9.17, 15) is 9.90 Å². The Bertz CT molecular complexity index is 989. The summed E-state index contributed by atoms with van der Waals surface area (Å²) in [6.45, 7) is 0.524. The number of hydrogen-bond acceptors (Lipinski definition) is 5. The first-order valence-electron chi connectivity index (χ1n) is 9.28. The lowest BCUT2D eigenvalue weighted by Gasteiger charge is -2.39. The molecule has 7 heteroatoms. The van der Waals surface area contributed by atoms with E-state index in [-0.39, 0.29) is 17.4 Å². The molecule has 2 N–H and O–H groups in total. The van der Waals surface area contributed by atoms with E-state index in [4.69, 9.17) is 16.3 Å². The van der Waals surface area contributed by atoms with Crippen LogP contribution in [0.2, 0.25) is 4.34 Å². The Morgan fingerprint density at radius 3 is 2.79 bits per heavy atom. The minimum atomic E-state index is -0.260. The molecule has 4 rings (SSSR count). The summed E-state index contributed by atoms with van der Waals surface area (Å²) in [5, 5.41) is 18.4. The van der Waals surface area contributed by atoms with E-state index < -0.39 is 0 Å². The van der Waals surface area contributed by atoms with Gasteiger partial charge >= 0.3 is 0 Å². The second kappa shape index (κ2) is 8.03. The lowest BCUT2D eigenvalue weighted by Crippen LogP contribution is -2.44. The van der Waals surface area contributed by atoms with Gasteiger partial charge in [0.05, 0.1) is 18.8 Å². The number of amides is 1. The average molecular weight is 436 g/mol. The Hall–Kier alpha value is -1.60. The smallest absolute Gasteiger partial charge is 0.255 e. The number of aliphatic hydroxyl groups is 1. The van der Waals surface area contributed by atoms with Gasteiger partial charge in [-0.2, -0.15) is 0 Å². The molecule has 3 aromatic rings. The maximum atomic E-state index is 12.8. The summed E-state index contributed by atoms with van der Waals surface area (Å²) >= 11 is 9.14. The van der Waals surface area contributed by atoms with Crippen molar-refractivity contribution >= 4 is 50.3 Å². The van der Waals surface area contributed by atoms with Gasteiger partial charge in [0, 0.05) is 22.0 Å². The molecule has 1 saturated carbocycles. The van der Waals surface area contributed by atoms with Gasteiger partial charge in [-0.1, -0.05) is 29.8 Å². The number of methoxy groups -OCH3 is 1. The lowest BCUT2D eigenvalue weighted by molar-refractivity contribution is 0.0853. The van der Waals surface area contributed by atoms with Crippen molar-refractivity contribution in [3.8, 4) is 5.75 Å². The van der Waals surface area contributed by atoms with Gasteiger partial charge in [0.2, 0.25) is 0 Å². The standard InChI is InChI=1S/C21H22ClNO3S2/c1-26-18-15(10-28-19(18)22)20(25)23-12-21(8-6-13(24)7-9-21)16-11-27-17-5-3-2-4-14(16)17/h2-5,10-11,13,24H,6-9,12H2,1H3,(H,23,25). The summed E-state index contributed by atoms with van der Waals surface area (Å²) in [5.41, 5.74) is 1.57. The van der Waals surface area contributed by atoms with Gasteiger partial charge in [-0.25, -0.2) is 0 Å². The first kappa shape index (κ1) is 19.7. The summed E-state index contributed by atoms with van der Waals surface area (Å²) in [4.78, 5) is 12.8. The zero-order valence-corrected chi connectivity index (χ0v) is 17.9. The molecule has 0 saturated heterocycles. The quantitative estimate of drug-likeness (QED) is 0.577. The molecule has 2 heterocycles. The Morgan fingerprint density at radius 2 is 2.04 bits per heavy atom. The molecule has 0 aliphatic heterocycles. The fraction of sp³-hybridized carbons (Fsp3) is 0.381. The van der Waals surface area contributed by atoms with Crippen LogP contribution in [-0.4, -0.2) is 30.8 Å². The fourth-order valence-corrected chi connectivity index (χ4v) is 6.23. The summed E-state index contributed by atoms with van der Waals surface area (Å²) in [6, 6.07) is 8.39. The van der Waals surface area contributed by atoms with Crippen LogP contribution in [0.3, 0.4) is 0 Å². The third-order valence-electron chi connectivity index (χ3n) is 5.70. The van der Waals surface area contributed by atoms with Gasteiger partial charge in [-0.05, 0) is 48.1 Å². The Kier molecular flexibility index (Phi) is 5.65. The Labute approximate surface area is 177 Å². The Balaban J connectivity index is 1.63. The van der Waals surface area contributed by atoms with Gasteiger partial charge < -0.3 is 15.2 Å². The highest BCUT2D eigenvalue weighted by atomic mass is 35.5. The van der Waals surface area contributed by atoms with Crippen LogP contribution in [0.1, 0.15) is 41.6 Å². The number of aliphatic hydroxyl groups excluding tert-OH is 1. The van der Waals surface area contributed by atoms with Crippen molar-refractivity contribution in [2.24, 2.45) is 0 Å². The molecule has 0 spiro atoms. The van der Waals surface area contributed by atoms with Crippen LogP contribution in [0.5, 0.6) is 5.75 Å². The largest absolute Gasteiger partial charge is 0.493 e. The summed E-state index contributed by atoms with van der Waals surface area (Å²) < 4.78 is 7.01. The summed E-state index contributed by atoms with van der Waals surface area (Å²) in [6.07, 6.45) is 2.92. The molecule has 1 aromatic carbocycles. The average Bonchev–Trinajstić information content (AvgIpc) is 3.31.